The number of aliphatic hydroxyl groups excluding tert-OH is 1. The van der Waals surface area contributed by atoms with Crippen molar-refractivity contribution in [1.82, 2.24) is 10.4 Å². The number of aliphatic imine (C=N–C) groups is 1. The van der Waals surface area contributed by atoms with E-state index in [1.165, 1.54) is 5.06 Å². The molecule has 1 aliphatic heterocycles. The molecule has 2 amide bonds. The zero-order valence-electron chi connectivity index (χ0n) is 46.5. The number of amidine groups is 1. The highest BCUT2D eigenvalue weighted by molar-refractivity contribution is 7.85. The second-order valence-corrected chi connectivity index (χ2v) is 18.7. The molecular weight excluding hydrogens is 1130 g/mol. The number of nitrogens with zero attached hydrogens (tertiary/aromatic N) is 2. The summed E-state index contributed by atoms with van der Waals surface area (Å²) in [6.07, 6.45) is 2.09. The molecular formula is C54H74F4N4O20S. The number of hydrogen-bond acceptors (Lipinski definition) is 21. The molecule has 0 unspecified atom stereocenters. The number of hydrogen-bond donors (Lipinski definition) is 4. The summed E-state index contributed by atoms with van der Waals surface area (Å²) >= 11 is 0. The van der Waals surface area contributed by atoms with Gasteiger partial charge >= 0.3 is 16.1 Å². The summed E-state index contributed by atoms with van der Waals surface area (Å²) in [7, 11) is -5.65. The number of carbonyl (C=O) groups excluding carboxylic acids is 3. The molecule has 29 heteroatoms. The van der Waals surface area contributed by atoms with Crippen LogP contribution in [-0.4, -0.2) is 212 Å². The Bertz CT molecular complexity index is 2620. The number of fused-ring (bicyclic) bond motifs is 1. The number of esters is 1. The first-order valence-corrected chi connectivity index (χ1v) is 28.1. The second kappa shape index (κ2) is 39.7. The average Bonchev–Trinajstić information content (AvgIpc) is 3.79. The number of nitrogens with two attached hydrogens (primary N) is 1. The summed E-state index contributed by atoms with van der Waals surface area (Å²) in [4.78, 5) is 46.1. The lowest BCUT2D eigenvalue weighted by molar-refractivity contribution is -0.180. The molecule has 0 saturated heterocycles. The summed E-state index contributed by atoms with van der Waals surface area (Å²) in [5.41, 5.74) is 9.87. The smallest absolute Gasteiger partial charge is 0.313 e. The average molecular weight is 1210 g/mol. The van der Waals surface area contributed by atoms with E-state index in [4.69, 9.17) is 67.2 Å². The molecule has 0 aliphatic carbocycles. The van der Waals surface area contributed by atoms with Crippen molar-refractivity contribution in [2.75, 3.05) is 165 Å². The molecule has 3 aromatic rings. The minimum absolute atomic E-state index is 0.0117. The van der Waals surface area contributed by atoms with E-state index in [1.807, 2.05) is 32.0 Å². The Labute approximate surface area is 479 Å². The van der Waals surface area contributed by atoms with Gasteiger partial charge in [0, 0.05) is 30.6 Å². The maximum atomic E-state index is 14.0. The lowest BCUT2D eigenvalue weighted by atomic mass is 9.99. The van der Waals surface area contributed by atoms with Crippen LogP contribution in [0.2, 0.25) is 0 Å². The van der Waals surface area contributed by atoms with Crippen molar-refractivity contribution in [2.45, 2.75) is 38.0 Å². The molecule has 0 fully saturated rings. The van der Waals surface area contributed by atoms with Crippen LogP contribution in [0.4, 0.5) is 23.2 Å². The van der Waals surface area contributed by atoms with Crippen LogP contribution in [0.15, 0.2) is 51.9 Å². The van der Waals surface area contributed by atoms with Gasteiger partial charge in [0.1, 0.15) is 18.2 Å². The Morgan fingerprint density at radius 1 is 0.651 bits per heavy atom. The van der Waals surface area contributed by atoms with Crippen molar-refractivity contribution in [2.24, 2.45) is 10.7 Å². The molecule has 1 aliphatic rings. The molecule has 0 radical (unpaired) electrons. The Balaban J connectivity index is 0.934. The fraction of sp³-hybridized carbons (Fsp3) is 0.556. The van der Waals surface area contributed by atoms with Crippen molar-refractivity contribution in [1.29, 1.82) is 0 Å². The van der Waals surface area contributed by atoms with Crippen LogP contribution in [0.25, 0.3) is 17.2 Å². The van der Waals surface area contributed by atoms with Crippen LogP contribution in [-0.2, 0) is 71.9 Å². The number of nitrogens with one attached hydrogen (secondary N) is 1. The van der Waals surface area contributed by atoms with Gasteiger partial charge in [0.2, 0.25) is 17.4 Å². The van der Waals surface area contributed by atoms with E-state index in [1.54, 1.807) is 24.3 Å². The van der Waals surface area contributed by atoms with Gasteiger partial charge in [0.15, 0.2) is 16.5 Å². The van der Waals surface area contributed by atoms with Crippen LogP contribution in [0, 0.1) is 23.3 Å². The third-order valence-corrected chi connectivity index (χ3v) is 12.0. The van der Waals surface area contributed by atoms with E-state index < -0.39 is 62.3 Å². The first-order chi connectivity index (χ1) is 40.1. The van der Waals surface area contributed by atoms with Gasteiger partial charge in [-0.1, -0.05) is 25.1 Å². The summed E-state index contributed by atoms with van der Waals surface area (Å²) in [5, 5.41) is 13.3. The van der Waals surface area contributed by atoms with Crippen LogP contribution in [0.5, 0.6) is 11.5 Å². The van der Waals surface area contributed by atoms with Crippen molar-refractivity contribution >= 4 is 45.5 Å². The summed E-state index contributed by atoms with van der Waals surface area (Å²) in [5.74, 6) is -12.8. The molecule has 4 rings (SSSR count). The minimum Gasteiger partial charge on any atom is -0.490 e. The summed E-state index contributed by atoms with van der Waals surface area (Å²) in [6.45, 7) is 10.1. The number of halogens is 4. The number of amides is 2. The quantitative estimate of drug-likeness (QED) is 0.0116. The monoisotopic (exact) mass is 1210 g/mol. The highest BCUT2D eigenvalue weighted by Gasteiger charge is 2.34. The maximum Gasteiger partial charge on any atom is 0.313 e. The predicted molar refractivity (Wildman–Crippen MR) is 289 cm³/mol. The molecule has 0 aromatic heterocycles. The van der Waals surface area contributed by atoms with Gasteiger partial charge in [0.25, 0.3) is 11.8 Å². The van der Waals surface area contributed by atoms with Crippen LogP contribution < -0.4 is 20.5 Å². The molecule has 0 saturated carbocycles. The number of carbonyl (C=O) groups is 3. The van der Waals surface area contributed by atoms with Gasteiger partial charge in [-0.05, 0) is 48.7 Å². The first kappa shape index (κ1) is 69.7. The first-order valence-electron chi connectivity index (χ1n) is 26.7. The minimum atomic E-state index is -5.65. The lowest BCUT2D eigenvalue weighted by Crippen LogP contribution is -2.34. The summed E-state index contributed by atoms with van der Waals surface area (Å²) < 4.78 is 151. The second-order valence-electron chi connectivity index (χ2n) is 17.3. The third-order valence-electron chi connectivity index (χ3n) is 11.1. The Kier molecular flexibility index (Phi) is 33.4. The fourth-order valence-corrected chi connectivity index (χ4v) is 7.88. The molecule has 5 N–H and O–H groups in total. The number of rotatable bonds is 45. The zero-order chi connectivity index (χ0) is 60.2. The van der Waals surface area contributed by atoms with Crippen LogP contribution in [0.3, 0.4) is 0 Å². The Hall–Kier alpha value is -5.77. The molecule has 83 heavy (non-hydrogen) atoms. The maximum absolute atomic E-state index is 14.0. The highest BCUT2D eigenvalue weighted by Crippen LogP contribution is 2.35. The predicted octanol–water partition coefficient (Wildman–Crippen LogP) is 4.39. The largest absolute Gasteiger partial charge is 0.490 e. The molecule has 464 valence electrons. The van der Waals surface area contributed by atoms with Crippen LogP contribution >= 0.6 is 0 Å². The Morgan fingerprint density at radius 3 is 1.57 bits per heavy atom. The fourth-order valence-electron chi connectivity index (χ4n) is 7.24. The molecule has 1 heterocycles. The SMILES string of the molecule is CCCN(OCC)C(=O)C1=Cc2ccc(-c3ccc(C(=O)NCCO)c(OCCOCCOCCOCCOCCOCCOCCOCCOCCOCCOCCC(=O)Oc4c(F)c(F)c(S(=O)(=O)O)c(F)c4F)c3)cc2N=C(N)C1. The normalized spacial score (nSPS) is 12.4. The Morgan fingerprint density at radius 2 is 1.11 bits per heavy atom. The standard InChI is InChI=1S/C54H74F4N4O20S/c1-3-11-62(81-4-2)54(66)41-34-40-6-5-38(35-43(40)61-45(59)37-41)39-7-8-42(53(65)60-10-12-63)44(36-39)80-33-32-79-31-30-78-29-28-77-27-26-76-25-24-75-23-22-74-21-20-73-19-18-72-17-16-71-15-14-70-13-9-46(64)82-51-47(55)49(57)52(83(67,68)69)50(58)48(51)56/h5-8,34-36,63H,3-4,9-33,37H2,1-2H3,(H2,59,61)(H,60,65)(H,67,68,69). The van der Waals surface area contributed by atoms with Gasteiger partial charge in [0.05, 0.1) is 163 Å². The van der Waals surface area contributed by atoms with Gasteiger partial charge in [-0.3, -0.25) is 23.8 Å². The van der Waals surface area contributed by atoms with Crippen molar-refractivity contribution < 1.29 is 112 Å². The van der Waals surface area contributed by atoms with E-state index in [0.29, 0.717) is 123 Å². The molecule has 0 bridgehead atoms. The number of ether oxygens (including phenoxy) is 12. The van der Waals surface area contributed by atoms with Crippen LogP contribution in [0.1, 0.15) is 49.0 Å². The van der Waals surface area contributed by atoms with E-state index >= 15 is 0 Å². The zero-order valence-corrected chi connectivity index (χ0v) is 47.3. The van der Waals surface area contributed by atoms with Gasteiger partial charge < -0.3 is 73.0 Å². The molecule has 0 spiro atoms. The van der Waals surface area contributed by atoms with Gasteiger partial charge in [-0.25, -0.2) is 18.8 Å². The number of aliphatic hydroxyl groups is 1. The van der Waals surface area contributed by atoms with E-state index in [0.717, 1.165) is 23.1 Å². The van der Waals surface area contributed by atoms with Gasteiger partial charge in [-0.2, -0.15) is 17.2 Å². The number of hydroxylamine groups is 2. The third kappa shape index (κ3) is 25.5. The number of benzene rings is 3. The molecule has 0 atom stereocenters. The molecule has 3 aromatic carbocycles. The highest BCUT2D eigenvalue weighted by atomic mass is 32.2. The lowest BCUT2D eigenvalue weighted by Gasteiger charge is -2.21. The van der Waals surface area contributed by atoms with Crippen molar-refractivity contribution in [3.8, 4) is 22.6 Å². The van der Waals surface area contributed by atoms with Gasteiger partial charge in [-0.15, -0.1) is 0 Å². The van der Waals surface area contributed by atoms with Crippen molar-refractivity contribution in [3.63, 3.8) is 0 Å². The van der Waals surface area contributed by atoms with E-state index in [2.05, 4.69) is 15.0 Å². The van der Waals surface area contributed by atoms with E-state index in [-0.39, 0.29) is 83.1 Å². The summed E-state index contributed by atoms with van der Waals surface area (Å²) in [6, 6.07) is 10.8. The molecule has 24 nitrogen and oxygen atoms in total. The van der Waals surface area contributed by atoms with E-state index in [9.17, 15) is 45.5 Å². The topological polar surface area (TPSA) is 299 Å². The van der Waals surface area contributed by atoms with Crippen molar-refractivity contribution in [3.05, 3.63) is 76.4 Å².